The van der Waals surface area contributed by atoms with Gasteiger partial charge < -0.3 is 30.3 Å². The van der Waals surface area contributed by atoms with Gasteiger partial charge in [-0.1, -0.05) is 58.2 Å². The third-order valence-electron chi connectivity index (χ3n) is 6.84. The van der Waals surface area contributed by atoms with E-state index < -0.39 is 11.6 Å². The molecule has 0 heterocycles. The molecule has 8 heteroatoms. The SMILES string of the molecule is CCCCNc1c(Nc2ccccc2)c(OCCCC)c2c(c1OCCCC)C(=O)c1c(O)ccc(O)c1C2=O. The first kappa shape index (κ1) is 28.8. The van der Waals surface area contributed by atoms with Gasteiger partial charge in [-0.3, -0.25) is 9.59 Å². The Bertz CT molecular complexity index is 1370. The molecule has 3 aromatic carbocycles. The molecular formula is C32H38N2O6. The highest BCUT2D eigenvalue weighted by atomic mass is 16.5. The number of hydrogen-bond acceptors (Lipinski definition) is 8. The summed E-state index contributed by atoms with van der Waals surface area (Å²) in [6.07, 6.45) is 5.03. The quantitative estimate of drug-likeness (QED) is 0.0970. The summed E-state index contributed by atoms with van der Waals surface area (Å²) >= 11 is 0. The standard InChI is InChI=1S/C32H38N2O6/c1-4-7-17-33-27-28(34-20-13-11-10-12-14-20)32(40-19-9-6-3)26-25(31(27)39-18-8-5-2)29(37)23-21(35)15-16-22(36)24(23)30(26)38/h10-16,33-36H,4-9,17-19H2,1-3H3. The molecule has 0 aliphatic heterocycles. The van der Waals surface area contributed by atoms with E-state index in [1.807, 2.05) is 44.2 Å². The number of aromatic hydroxyl groups is 2. The number of rotatable bonds is 14. The van der Waals surface area contributed by atoms with Crippen LogP contribution in [0.3, 0.4) is 0 Å². The second kappa shape index (κ2) is 13.2. The van der Waals surface area contributed by atoms with Crippen molar-refractivity contribution in [3.05, 3.63) is 64.7 Å². The second-order valence-corrected chi connectivity index (χ2v) is 9.85. The van der Waals surface area contributed by atoms with Crippen LogP contribution in [0.5, 0.6) is 23.0 Å². The predicted molar refractivity (Wildman–Crippen MR) is 157 cm³/mol. The Morgan fingerprint density at radius 2 is 1.15 bits per heavy atom. The lowest BCUT2D eigenvalue weighted by Gasteiger charge is -2.29. The molecule has 1 aliphatic carbocycles. The summed E-state index contributed by atoms with van der Waals surface area (Å²) in [5, 5.41) is 28.2. The molecule has 0 atom stereocenters. The molecule has 0 saturated carbocycles. The minimum atomic E-state index is -0.610. The highest BCUT2D eigenvalue weighted by molar-refractivity contribution is 6.33. The lowest BCUT2D eigenvalue weighted by molar-refractivity contribution is 0.0967. The van der Waals surface area contributed by atoms with Crippen molar-refractivity contribution in [2.24, 2.45) is 0 Å². The van der Waals surface area contributed by atoms with Crippen molar-refractivity contribution in [1.82, 2.24) is 0 Å². The van der Waals surface area contributed by atoms with Crippen LogP contribution >= 0.6 is 0 Å². The summed E-state index contributed by atoms with van der Waals surface area (Å²) < 4.78 is 12.6. The van der Waals surface area contributed by atoms with Crippen LogP contribution in [0, 0.1) is 0 Å². The van der Waals surface area contributed by atoms with Gasteiger partial charge in [-0.2, -0.15) is 0 Å². The van der Waals surface area contributed by atoms with Gasteiger partial charge in [0.15, 0.2) is 11.5 Å². The highest BCUT2D eigenvalue weighted by Crippen LogP contribution is 2.52. The molecule has 4 N–H and O–H groups in total. The minimum absolute atomic E-state index is 0.0143. The number of nitrogens with one attached hydrogen (secondary N) is 2. The van der Waals surface area contributed by atoms with Crippen LogP contribution in [0.2, 0.25) is 0 Å². The van der Waals surface area contributed by atoms with E-state index in [1.165, 1.54) is 12.1 Å². The van der Waals surface area contributed by atoms with E-state index in [0.717, 1.165) is 44.2 Å². The van der Waals surface area contributed by atoms with Crippen LogP contribution in [0.25, 0.3) is 0 Å². The summed E-state index contributed by atoms with van der Waals surface area (Å²) in [6.45, 7) is 7.41. The fourth-order valence-electron chi connectivity index (χ4n) is 4.70. The molecule has 1 aliphatic rings. The van der Waals surface area contributed by atoms with Gasteiger partial charge in [-0.25, -0.2) is 0 Å². The van der Waals surface area contributed by atoms with Gasteiger partial charge >= 0.3 is 0 Å². The molecule has 8 nitrogen and oxygen atoms in total. The summed E-state index contributed by atoms with van der Waals surface area (Å²) in [4.78, 5) is 28.2. The zero-order valence-electron chi connectivity index (χ0n) is 23.4. The van der Waals surface area contributed by atoms with Crippen molar-refractivity contribution >= 4 is 28.6 Å². The normalized spacial score (nSPS) is 12.1. The Hall–Kier alpha value is -4.20. The van der Waals surface area contributed by atoms with E-state index in [1.54, 1.807) is 0 Å². The van der Waals surface area contributed by atoms with Crippen molar-refractivity contribution in [2.75, 3.05) is 30.4 Å². The van der Waals surface area contributed by atoms with Crippen LogP contribution in [0.1, 0.15) is 91.1 Å². The lowest BCUT2D eigenvalue weighted by Crippen LogP contribution is -2.25. The molecule has 0 aromatic heterocycles. The third-order valence-corrected chi connectivity index (χ3v) is 6.84. The Morgan fingerprint density at radius 1 is 0.650 bits per heavy atom. The molecule has 0 unspecified atom stereocenters. The predicted octanol–water partition coefficient (Wildman–Crippen LogP) is 7.19. The summed E-state index contributed by atoms with van der Waals surface area (Å²) in [5.41, 5.74) is 1.32. The maximum atomic E-state index is 14.1. The number of hydrogen-bond donors (Lipinski definition) is 4. The number of fused-ring (bicyclic) bond motifs is 2. The number of phenols is 2. The van der Waals surface area contributed by atoms with E-state index >= 15 is 0 Å². The smallest absolute Gasteiger partial charge is 0.202 e. The number of unbranched alkanes of at least 4 members (excludes halogenated alkanes) is 3. The number of carbonyl (C=O) groups is 2. The molecule has 0 bridgehead atoms. The molecule has 0 fully saturated rings. The van der Waals surface area contributed by atoms with Crippen LogP contribution in [-0.2, 0) is 0 Å². The van der Waals surface area contributed by atoms with Gasteiger partial charge in [0.1, 0.15) is 22.9 Å². The van der Waals surface area contributed by atoms with Crippen LogP contribution in [-0.4, -0.2) is 41.5 Å². The molecule has 4 rings (SSSR count). The van der Waals surface area contributed by atoms with Crippen molar-refractivity contribution < 1.29 is 29.3 Å². The van der Waals surface area contributed by atoms with Gasteiger partial charge in [-0.15, -0.1) is 0 Å². The van der Waals surface area contributed by atoms with E-state index in [9.17, 15) is 19.8 Å². The largest absolute Gasteiger partial charge is 0.507 e. The van der Waals surface area contributed by atoms with E-state index in [0.29, 0.717) is 31.1 Å². The van der Waals surface area contributed by atoms with Crippen molar-refractivity contribution in [1.29, 1.82) is 0 Å². The molecule has 0 saturated heterocycles. The zero-order chi connectivity index (χ0) is 28.6. The van der Waals surface area contributed by atoms with Crippen molar-refractivity contribution in [3.8, 4) is 23.0 Å². The molecular weight excluding hydrogens is 508 g/mol. The Labute approximate surface area is 235 Å². The Balaban J connectivity index is 2.06. The van der Waals surface area contributed by atoms with Gasteiger partial charge in [0, 0.05) is 12.2 Å². The third kappa shape index (κ3) is 5.71. The first-order valence-corrected chi connectivity index (χ1v) is 14.1. The topological polar surface area (TPSA) is 117 Å². The van der Waals surface area contributed by atoms with Crippen LogP contribution < -0.4 is 20.1 Å². The number of phenolic OH excluding ortho intramolecular Hbond substituents is 2. The van der Waals surface area contributed by atoms with Crippen molar-refractivity contribution in [2.45, 2.75) is 59.3 Å². The average Bonchev–Trinajstić information content (AvgIpc) is 2.95. The molecule has 3 aromatic rings. The first-order chi connectivity index (χ1) is 19.4. The van der Waals surface area contributed by atoms with E-state index in [-0.39, 0.29) is 45.3 Å². The molecule has 0 amide bonds. The number of para-hydroxylation sites is 1. The Morgan fingerprint density at radius 3 is 1.65 bits per heavy atom. The fourth-order valence-corrected chi connectivity index (χ4v) is 4.70. The lowest BCUT2D eigenvalue weighted by atomic mass is 9.81. The molecule has 40 heavy (non-hydrogen) atoms. The summed E-state index contributed by atoms with van der Waals surface area (Å²) in [7, 11) is 0. The number of carbonyl (C=O) groups excluding carboxylic acids is 2. The monoisotopic (exact) mass is 546 g/mol. The Kier molecular flexibility index (Phi) is 9.53. The molecule has 212 valence electrons. The van der Waals surface area contributed by atoms with Crippen LogP contribution in [0.15, 0.2) is 42.5 Å². The number of benzene rings is 3. The summed E-state index contributed by atoms with van der Waals surface area (Å²) in [6, 6.07) is 11.9. The maximum absolute atomic E-state index is 14.1. The number of anilines is 3. The van der Waals surface area contributed by atoms with Crippen LogP contribution in [0.4, 0.5) is 17.1 Å². The minimum Gasteiger partial charge on any atom is -0.507 e. The fraction of sp³-hybridized carbons (Fsp3) is 0.375. The highest BCUT2D eigenvalue weighted by Gasteiger charge is 2.42. The number of ether oxygens (including phenoxy) is 2. The molecule has 0 radical (unpaired) electrons. The number of ketones is 2. The van der Waals surface area contributed by atoms with E-state index in [4.69, 9.17) is 9.47 Å². The second-order valence-electron chi connectivity index (χ2n) is 9.85. The van der Waals surface area contributed by atoms with Gasteiger partial charge in [0.2, 0.25) is 11.6 Å². The maximum Gasteiger partial charge on any atom is 0.202 e. The van der Waals surface area contributed by atoms with Gasteiger partial charge in [-0.05, 0) is 43.5 Å². The van der Waals surface area contributed by atoms with Crippen molar-refractivity contribution in [3.63, 3.8) is 0 Å². The average molecular weight is 547 g/mol. The zero-order valence-corrected chi connectivity index (χ0v) is 23.4. The molecule has 0 spiro atoms. The van der Waals surface area contributed by atoms with Gasteiger partial charge in [0.05, 0.1) is 35.5 Å². The van der Waals surface area contributed by atoms with E-state index in [2.05, 4.69) is 17.6 Å². The summed E-state index contributed by atoms with van der Waals surface area (Å²) in [5.74, 6) is -1.53. The first-order valence-electron chi connectivity index (χ1n) is 14.1. The van der Waals surface area contributed by atoms with Gasteiger partial charge in [0.25, 0.3) is 0 Å².